The summed E-state index contributed by atoms with van der Waals surface area (Å²) in [7, 11) is 0. The van der Waals surface area contributed by atoms with E-state index in [0.717, 1.165) is 5.69 Å². The van der Waals surface area contributed by atoms with Crippen molar-refractivity contribution in [3.63, 3.8) is 0 Å². The Hall–Kier alpha value is -3.15. The summed E-state index contributed by atoms with van der Waals surface area (Å²) in [6.45, 7) is 1.61. The molecule has 0 spiro atoms. The zero-order valence-electron chi connectivity index (χ0n) is 12.5. The van der Waals surface area contributed by atoms with Crippen LogP contribution in [0.2, 0.25) is 0 Å². The van der Waals surface area contributed by atoms with E-state index in [2.05, 4.69) is 10.3 Å². The molecule has 0 saturated heterocycles. The number of carbonyl (C=O) groups is 2. The predicted octanol–water partition coefficient (Wildman–Crippen LogP) is 2.56. The monoisotopic (exact) mass is 309 g/mol. The topological polar surface area (TPSA) is 71.5 Å². The highest BCUT2D eigenvalue weighted by molar-refractivity contribution is 6.03. The van der Waals surface area contributed by atoms with Crippen LogP contribution in [0.15, 0.2) is 60.4 Å². The summed E-state index contributed by atoms with van der Waals surface area (Å²) < 4.78 is 5.61. The van der Waals surface area contributed by atoms with Gasteiger partial charge in [0.15, 0.2) is 0 Å². The van der Waals surface area contributed by atoms with Gasteiger partial charge in [-0.15, -0.1) is 0 Å². The van der Waals surface area contributed by atoms with E-state index in [1.165, 1.54) is 17.9 Å². The van der Waals surface area contributed by atoms with Gasteiger partial charge in [0.1, 0.15) is 5.75 Å². The number of hydrogen-bond donors (Lipinski definition) is 1. The molecule has 0 bridgehead atoms. The van der Waals surface area contributed by atoms with Crippen molar-refractivity contribution in [3.8, 4) is 11.6 Å². The van der Waals surface area contributed by atoms with Crippen LogP contribution in [0, 0.1) is 0 Å². The molecule has 3 rings (SSSR count). The highest BCUT2D eigenvalue weighted by atomic mass is 16.5. The van der Waals surface area contributed by atoms with Gasteiger partial charge in [0.05, 0.1) is 18.4 Å². The van der Waals surface area contributed by atoms with E-state index in [1.807, 2.05) is 30.3 Å². The number of carbonyl (C=O) groups excluding carboxylic acids is 2. The number of imide groups is 1. The van der Waals surface area contributed by atoms with E-state index >= 15 is 0 Å². The maximum atomic E-state index is 11.6. The largest absolute Gasteiger partial charge is 0.439 e. The molecule has 0 radical (unpaired) electrons. The molecule has 2 aromatic rings. The number of anilines is 1. The van der Waals surface area contributed by atoms with Crippen molar-refractivity contribution in [1.29, 1.82) is 0 Å². The first-order valence-electron chi connectivity index (χ1n) is 7.10. The van der Waals surface area contributed by atoms with Crippen LogP contribution in [0.4, 0.5) is 5.69 Å². The maximum Gasteiger partial charge on any atom is 0.255 e. The number of rotatable bonds is 4. The van der Waals surface area contributed by atoms with E-state index < -0.39 is 0 Å². The number of pyridine rings is 1. The number of nitrogens with one attached hydrogen (secondary N) is 1. The fourth-order valence-corrected chi connectivity index (χ4v) is 2.17. The highest BCUT2D eigenvalue weighted by Crippen LogP contribution is 2.21. The SMILES string of the molecule is CC(=O)N1CC(Nc2ccc(Oc3ccccc3)nc2)=CC1=O. The molecule has 1 N–H and O–H groups in total. The minimum Gasteiger partial charge on any atom is -0.439 e. The molecule has 1 aliphatic rings. The van der Waals surface area contributed by atoms with Crippen molar-refractivity contribution in [1.82, 2.24) is 9.88 Å². The van der Waals surface area contributed by atoms with Gasteiger partial charge < -0.3 is 10.1 Å². The molecular formula is C17H15N3O3. The summed E-state index contributed by atoms with van der Waals surface area (Å²) in [5, 5.41) is 3.08. The molecule has 1 aliphatic heterocycles. The van der Waals surface area contributed by atoms with Gasteiger partial charge in [-0.05, 0) is 18.2 Å². The van der Waals surface area contributed by atoms with Crippen molar-refractivity contribution in [3.05, 3.63) is 60.4 Å². The molecule has 0 saturated carbocycles. The molecule has 0 fully saturated rings. The molecule has 116 valence electrons. The molecule has 6 nitrogen and oxygen atoms in total. The molecule has 2 heterocycles. The third-order valence-electron chi connectivity index (χ3n) is 3.28. The van der Waals surface area contributed by atoms with Crippen molar-refractivity contribution in [2.45, 2.75) is 6.92 Å². The van der Waals surface area contributed by atoms with Crippen LogP contribution < -0.4 is 10.1 Å². The smallest absolute Gasteiger partial charge is 0.255 e. The number of hydrogen-bond acceptors (Lipinski definition) is 5. The van der Waals surface area contributed by atoms with Crippen molar-refractivity contribution >= 4 is 17.5 Å². The summed E-state index contributed by atoms with van der Waals surface area (Å²) >= 11 is 0. The summed E-state index contributed by atoms with van der Waals surface area (Å²) in [5.74, 6) is 0.607. The van der Waals surface area contributed by atoms with Crippen molar-refractivity contribution < 1.29 is 14.3 Å². The van der Waals surface area contributed by atoms with Gasteiger partial charge in [-0.25, -0.2) is 4.98 Å². The lowest BCUT2D eigenvalue weighted by atomic mass is 10.3. The first kappa shape index (κ1) is 14.8. The zero-order valence-corrected chi connectivity index (χ0v) is 12.5. The maximum absolute atomic E-state index is 11.6. The lowest BCUT2D eigenvalue weighted by molar-refractivity contribution is -0.138. The third kappa shape index (κ3) is 3.55. The number of aromatic nitrogens is 1. The van der Waals surface area contributed by atoms with Gasteiger partial charge in [0, 0.05) is 24.8 Å². The number of ether oxygens (including phenoxy) is 1. The Morgan fingerprint density at radius 2 is 2.00 bits per heavy atom. The lowest BCUT2D eigenvalue weighted by Gasteiger charge is -2.12. The fourth-order valence-electron chi connectivity index (χ4n) is 2.17. The van der Waals surface area contributed by atoms with Gasteiger partial charge in [0.25, 0.3) is 5.91 Å². The van der Waals surface area contributed by atoms with Crippen molar-refractivity contribution in [2.24, 2.45) is 0 Å². The Morgan fingerprint density at radius 3 is 2.61 bits per heavy atom. The van der Waals surface area contributed by atoms with Crippen LogP contribution in [0.3, 0.4) is 0 Å². The average Bonchev–Trinajstić information content (AvgIpc) is 2.91. The third-order valence-corrected chi connectivity index (χ3v) is 3.28. The van der Waals surface area contributed by atoms with Gasteiger partial charge >= 0.3 is 0 Å². The summed E-state index contributed by atoms with van der Waals surface area (Å²) in [4.78, 5) is 28.3. The van der Waals surface area contributed by atoms with E-state index in [-0.39, 0.29) is 18.4 Å². The van der Waals surface area contributed by atoms with Crippen LogP contribution in [-0.4, -0.2) is 28.2 Å². The van der Waals surface area contributed by atoms with Crippen LogP contribution in [0.25, 0.3) is 0 Å². The van der Waals surface area contributed by atoms with Crippen LogP contribution in [0.5, 0.6) is 11.6 Å². The van der Waals surface area contributed by atoms with E-state index in [9.17, 15) is 9.59 Å². The molecule has 0 aliphatic carbocycles. The minimum absolute atomic E-state index is 0.246. The molecule has 6 heteroatoms. The van der Waals surface area contributed by atoms with Crippen molar-refractivity contribution in [2.75, 3.05) is 11.9 Å². The molecule has 1 aromatic carbocycles. The predicted molar refractivity (Wildman–Crippen MR) is 84.9 cm³/mol. The summed E-state index contributed by atoms with van der Waals surface area (Å²) in [6.07, 6.45) is 3.02. The Morgan fingerprint density at radius 1 is 1.22 bits per heavy atom. The van der Waals surface area contributed by atoms with Gasteiger partial charge in [-0.1, -0.05) is 18.2 Å². The number of nitrogens with zero attached hydrogens (tertiary/aromatic N) is 2. The Bertz CT molecular complexity index is 754. The average molecular weight is 309 g/mol. The van der Waals surface area contributed by atoms with E-state index in [4.69, 9.17) is 4.74 Å². The van der Waals surface area contributed by atoms with Gasteiger partial charge in [0.2, 0.25) is 11.8 Å². The quantitative estimate of drug-likeness (QED) is 0.940. The second kappa shape index (κ2) is 6.31. The van der Waals surface area contributed by atoms with E-state index in [1.54, 1.807) is 18.3 Å². The summed E-state index contributed by atoms with van der Waals surface area (Å²) in [5.41, 5.74) is 1.37. The molecule has 2 amide bonds. The molecule has 23 heavy (non-hydrogen) atoms. The van der Waals surface area contributed by atoms with E-state index in [0.29, 0.717) is 17.3 Å². The van der Waals surface area contributed by atoms with Gasteiger partial charge in [-0.3, -0.25) is 14.5 Å². The molecule has 0 atom stereocenters. The normalized spacial score (nSPS) is 13.7. The highest BCUT2D eigenvalue weighted by Gasteiger charge is 2.24. The Balaban J connectivity index is 1.63. The Labute approximate surface area is 133 Å². The standard InChI is InChI=1S/C17H15N3O3/c1-12(21)20-11-14(9-17(20)22)19-13-7-8-16(18-10-13)23-15-5-3-2-4-6-15/h2-10,19H,11H2,1H3. The second-order valence-electron chi connectivity index (χ2n) is 5.04. The lowest BCUT2D eigenvalue weighted by Crippen LogP contribution is -2.31. The number of amides is 2. The first-order valence-corrected chi connectivity index (χ1v) is 7.10. The zero-order chi connectivity index (χ0) is 16.2. The molecular weight excluding hydrogens is 294 g/mol. The van der Waals surface area contributed by atoms with Gasteiger partial charge in [-0.2, -0.15) is 0 Å². The number of para-hydroxylation sites is 1. The first-order chi connectivity index (χ1) is 11.1. The second-order valence-corrected chi connectivity index (χ2v) is 5.04. The molecule has 0 unspecified atom stereocenters. The van der Waals surface area contributed by atoms with Crippen LogP contribution in [-0.2, 0) is 9.59 Å². The van der Waals surface area contributed by atoms with Crippen LogP contribution in [0.1, 0.15) is 6.92 Å². The van der Waals surface area contributed by atoms with Crippen LogP contribution >= 0.6 is 0 Å². The Kier molecular flexibility index (Phi) is 4.05. The fraction of sp³-hybridized carbons (Fsp3) is 0.118. The number of benzene rings is 1. The summed E-state index contributed by atoms with van der Waals surface area (Å²) in [6, 6.07) is 12.9. The molecule has 1 aromatic heterocycles. The minimum atomic E-state index is -0.308.